The minimum absolute atomic E-state index is 0.0968. The number of alkyl halides is 2. The van der Waals surface area contributed by atoms with Gasteiger partial charge in [-0.05, 0) is 57.2 Å². The summed E-state index contributed by atoms with van der Waals surface area (Å²) in [5, 5.41) is 0.954. The minimum Gasteiger partial charge on any atom is -0.495 e. The smallest absolute Gasteiger partial charge is 0.387 e. The molecule has 0 spiro atoms. The van der Waals surface area contributed by atoms with Crippen molar-refractivity contribution >= 4 is 34.3 Å². The molecular formula is C23H22ClF2NO5. The van der Waals surface area contributed by atoms with Gasteiger partial charge in [0, 0.05) is 27.7 Å². The number of carbonyl (C=O) groups excluding carboxylic acids is 2. The second-order valence-electron chi connectivity index (χ2n) is 7.38. The van der Waals surface area contributed by atoms with E-state index in [9.17, 15) is 18.4 Å². The summed E-state index contributed by atoms with van der Waals surface area (Å²) in [7, 11) is 1.46. The lowest BCUT2D eigenvalue weighted by atomic mass is 9.88. The van der Waals surface area contributed by atoms with E-state index in [-0.39, 0.29) is 11.3 Å². The summed E-state index contributed by atoms with van der Waals surface area (Å²) in [5.41, 5.74) is 1.78. The van der Waals surface area contributed by atoms with Gasteiger partial charge in [0.25, 0.3) is 0 Å². The molecule has 0 aliphatic heterocycles. The predicted molar refractivity (Wildman–Crippen MR) is 116 cm³/mol. The lowest BCUT2D eigenvalue weighted by molar-refractivity contribution is -0.147. The molecule has 0 saturated carbocycles. The lowest BCUT2D eigenvalue weighted by Crippen LogP contribution is -2.27. The summed E-state index contributed by atoms with van der Waals surface area (Å²) in [6, 6.07) is 8.45. The van der Waals surface area contributed by atoms with Gasteiger partial charge >= 0.3 is 12.6 Å². The number of benzene rings is 2. The monoisotopic (exact) mass is 465 g/mol. The number of nitrogens with one attached hydrogen (secondary N) is 1. The number of Topliss-reactive ketones (excluding diaryl/α,β-unsaturated/α-hetero) is 1. The van der Waals surface area contributed by atoms with Gasteiger partial charge in [0.2, 0.25) is 0 Å². The van der Waals surface area contributed by atoms with Gasteiger partial charge in [0.1, 0.15) is 17.4 Å². The number of aromatic amines is 1. The molecule has 0 saturated heterocycles. The molecule has 0 aliphatic carbocycles. The topological polar surface area (TPSA) is 77.6 Å². The molecule has 1 unspecified atom stereocenters. The number of rotatable bonds is 8. The molecule has 0 bridgehead atoms. The number of ketones is 1. The summed E-state index contributed by atoms with van der Waals surface area (Å²) in [6.07, 6.45) is -0.450. The van der Waals surface area contributed by atoms with Crippen LogP contribution in [-0.2, 0) is 9.53 Å². The molecular weight excluding hydrogens is 444 g/mol. The third kappa shape index (κ3) is 4.85. The van der Waals surface area contributed by atoms with E-state index in [0.717, 1.165) is 0 Å². The maximum Gasteiger partial charge on any atom is 0.387 e. The van der Waals surface area contributed by atoms with E-state index in [1.54, 1.807) is 32.9 Å². The maximum absolute atomic E-state index is 13.5. The Labute approximate surface area is 188 Å². The number of aromatic nitrogens is 1. The summed E-state index contributed by atoms with van der Waals surface area (Å²) >= 11 is 6.22. The maximum atomic E-state index is 13.5. The van der Waals surface area contributed by atoms with Crippen LogP contribution < -0.4 is 9.47 Å². The number of esters is 1. The average Bonchev–Trinajstić information content (AvgIpc) is 3.01. The Balaban J connectivity index is 2.12. The second-order valence-corrected chi connectivity index (χ2v) is 7.79. The molecule has 0 amide bonds. The van der Waals surface area contributed by atoms with E-state index in [1.807, 2.05) is 0 Å². The van der Waals surface area contributed by atoms with Crippen molar-refractivity contribution < 1.29 is 32.6 Å². The summed E-state index contributed by atoms with van der Waals surface area (Å²) in [4.78, 5) is 29.7. The zero-order chi connectivity index (χ0) is 23.6. The van der Waals surface area contributed by atoms with Gasteiger partial charge in [0.05, 0.1) is 18.2 Å². The third-order valence-corrected chi connectivity index (χ3v) is 5.11. The molecule has 3 rings (SSSR count). The molecule has 0 aliphatic rings. The van der Waals surface area contributed by atoms with Gasteiger partial charge in [-0.25, -0.2) is 0 Å². The van der Waals surface area contributed by atoms with E-state index in [1.165, 1.54) is 31.4 Å². The Kier molecular flexibility index (Phi) is 7.03. The van der Waals surface area contributed by atoms with E-state index in [4.69, 9.17) is 21.1 Å². The minimum atomic E-state index is -2.99. The normalized spacial score (nSPS) is 12.3. The van der Waals surface area contributed by atoms with Crippen LogP contribution in [0, 0.1) is 6.92 Å². The molecule has 1 heterocycles. The zero-order valence-electron chi connectivity index (χ0n) is 17.9. The third-order valence-electron chi connectivity index (χ3n) is 4.81. The van der Waals surface area contributed by atoms with Crippen molar-refractivity contribution in [3.63, 3.8) is 0 Å². The van der Waals surface area contributed by atoms with Crippen LogP contribution >= 0.6 is 11.6 Å². The number of hydrogen-bond donors (Lipinski definition) is 1. The highest BCUT2D eigenvalue weighted by Gasteiger charge is 2.35. The molecule has 170 valence electrons. The number of carbonyl (C=O) groups is 2. The molecule has 6 nitrogen and oxygen atoms in total. The fourth-order valence-electron chi connectivity index (χ4n) is 3.50. The van der Waals surface area contributed by atoms with Crippen molar-refractivity contribution in [3.8, 4) is 11.5 Å². The van der Waals surface area contributed by atoms with E-state index in [0.29, 0.717) is 32.9 Å². The molecule has 2 aromatic carbocycles. The number of fused-ring (bicyclic) bond motifs is 1. The fourth-order valence-corrected chi connectivity index (χ4v) is 3.74. The number of ether oxygens (including phenoxy) is 3. The highest BCUT2D eigenvalue weighted by molar-refractivity contribution is 6.33. The summed E-state index contributed by atoms with van der Waals surface area (Å²) in [5.74, 6) is -2.27. The standard InChI is InChI=1S/C23H22ClF2NO5/c1-11(2)31-22(29)20(21(28)13-5-7-14(8-6-13)32-23(25)26)19-12(3)27-17-10-16(24)18(30-4)9-15(17)19/h5-11,20,23,27H,1-4H3. The Morgan fingerprint density at radius 3 is 2.31 bits per heavy atom. The molecule has 1 atom stereocenters. The number of aryl methyl sites for hydroxylation is 1. The van der Waals surface area contributed by atoms with Crippen molar-refractivity contribution in [1.29, 1.82) is 0 Å². The fraction of sp³-hybridized carbons (Fsp3) is 0.304. The predicted octanol–water partition coefficient (Wildman–Crippen LogP) is 5.66. The highest BCUT2D eigenvalue weighted by Crippen LogP contribution is 2.38. The molecule has 1 aromatic heterocycles. The number of H-pyrrole nitrogens is 1. The van der Waals surface area contributed by atoms with Gasteiger partial charge in [-0.3, -0.25) is 9.59 Å². The number of halogens is 3. The van der Waals surface area contributed by atoms with Gasteiger partial charge in [-0.1, -0.05) is 11.6 Å². The van der Waals surface area contributed by atoms with Gasteiger partial charge < -0.3 is 19.2 Å². The van der Waals surface area contributed by atoms with Crippen molar-refractivity contribution in [2.75, 3.05) is 7.11 Å². The Morgan fingerprint density at radius 2 is 1.75 bits per heavy atom. The molecule has 9 heteroatoms. The van der Waals surface area contributed by atoms with Crippen LogP contribution in [0.2, 0.25) is 5.02 Å². The van der Waals surface area contributed by atoms with Crippen molar-refractivity contribution in [2.45, 2.75) is 39.4 Å². The van der Waals surface area contributed by atoms with Crippen LogP contribution in [0.5, 0.6) is 11.5 Å². The SMILES string of the molecule is COc1cc2c(C(C(=O)OC(C)C)C(=O)c3ccc(OC(F)F)cc3)c(C)[nH]c2cc1Cl. The molecule has 1 N–H and O–H groups in total. The first-order chi connectivity index (χ1) is 15.1. The molecule has 0 radical (unpaired) electrons. The first-order valence-electron chi connectivity index (χ1n) is 9.77. The Morgan fingerprint density at radius 1 is 1.09 bits per heavy atom. The average molecular weight is 466 g/mol. The van der Waals surface area contributed by atoms with Crippen LogP contribution in [-0.4, -0.2) is 36.6 Å². The number of methoxy groups -OCH3 is 1. The summed E-state index contributed by atoms with van der Waals surface area (Å²) in [6.45, 7) is 2.11. The van der Waals surface area contributed by atoms with E-state index in [2.05, 4.69) is 9.72 Å². The first kappa shape index (κ1) is 23.5. The number of hydrogen-bond acceptors (Lipinski definition) is 5. The summed E-state index contributed by atoms with van der Waals surface area (Å²) < 4.78 is 39.9. The molecule has 3 aromatic rings. The van der Waals surface area contributed by atoms with Crippen molar-refractivity contribution in [3.05, 3.63) is 58.2 Å². The van der Waals surface area contributed by atoms with E-state index < -0.39 is 30.4 Å². The van der Waals surface area contributed by atoms with Crippen LogP contribution in [0.15, 0.2) is 36.4 Å². The van der Waals surface area contributed by atoms with Crippen LogP contribution in [0.25, 0.3) is 10.9 Å². The highest BCUT2D eigenvalue weighted by atomic mass is 35.5. The molecule has 32 heavy (non-hydrogen) atoms. The lowest BCUT2D eigenvalue weighted by Gasteiger charge is -2.18. The van der Waals surface area contributed by atoms with E-state index >= 15 is 0 Å². The van der Waals surface area contributed by atoms with Gasteiger partial charge in [-0.15, -0.1) is 0 Å². The van der Waals surface area contributed by atoms with Gasteiger partial charge in [-0.2, -0.15) is 8.78 Å². The van der Waals surface area contributed by atoms with Crippen LogP contribution in [0.3, 0.4) is 0 Å². The quantitative estimate of drug-likeness (QED) is 0.264. The van der Waals surface area contributed by atoms with Crippen LogP contribution in [0.4, 0.5) is 8.78 Å². The van der Waals surface area contributed by atoms with Crippen LogP contribution in [0.1, 0.15) is 41.4 Å². The van der Waals surface area contributed by atoms with Crippen molar-refractivity contribution in [1.82, 2.24) is 4.98 Å². The first-order valence-corrected chi connectivity index (χ1v) is 10.2. The Hall–Kier alpha value is -3.13. The molecule has 0 fully saturated rings. The zero-order valence-corrected chi connectivity index (χ0v) is 18.6. The largest absolute Gasteiger partial charge is 0.495 e. The second kappa shape index (κ2) is 9.56. The Bertz CT molecular complexity index is 1140. The van der Waals surface area contributed by atoms with Crippen molar-refractivity contribution in [2.24, 2.45) is 0 Å². The van der Waals surface area contributed by atoms with Gasteiger partial charge in [0.15, 0.2) is 5.78 Å².